The monoisotopic (exact) mass is 466 g/mol. The molecule has 0 bridgehead atoms. The number of rotatable bonds is 15. The van der Waals surface area contributed by atoms with E-state index in [-0.39, 0.29) is 0 Å². The molecular weight excluding hydrogens is 412 g/mol. The first kappa shape index (κ1) is 27.3. The van der Waals surface area contributed by atoms with Crippen molar-refractivity contribution in [1.29, 1.82) is 0 Å². The highest BCUT2D eigenvalue weighted by molar-refractivity contribution is 5.27. The third-order valence-corrected chi connectivity index (χ3v) is 8.79. The van der Waals surface area contributed by atoms with Crippen molar-refractivity contribution in [3.8, 4) is 5.75 Å². The number of hydrogen-bond acceptors (Lipinski definition) is 1. The minimum atomic E-state index is 0.706. The molecule has 0 atom stereocenters. The van der Waals surface area contributed by atoms with Crippen LogP contribution in [0.3, 0.4) is 0 Å². The first-order chi connectivity index (χ1) is 16.8. The smallest absolute Gasteiger partial charge is 0.119 e. The summed E-state index contributed by atoms with van der Waals surface area (Å²) in [5.41, 5.74) is 1.47. The van der Waals surface area contributed by atoms with Crippen LogP contribution in [0, 0.1) is 23.7 Å². The summed E-state index contributed by atoms with van der Waals surface area (Å²) >= 11 is 0. The highest BCUT2D eigenvalue weighted by Crippen LogP contribution is 2.34. The van der Waals surface area contributed by atoms with E-state index >= 15 is 0 Å². The van der Waals surface area contributed by atoms with Crippen molar-refractivity contribution >= 4 is 0 Å². The second kappa shape index (κ2) is 16.4. The molecule has 2 saturated carbocycles. The fourth-order valence-electron chi connectivity index (χ4n) is 6.44. The van der Waals surface area contributed by atoms with Crippen LogP contribution < -0.4 is 4.74 Å². The summed E-state index contributed by atoms with van der Waals surface area (Å²) in [6, 6.07) is 8.91. The Bertz CT molecular complexity index is 644. The molecule has 192 valence electrons. The highest BCUT2D eigenvalue weighted by atomic mass is 16.5. The van der Waals surface area contributed by atoms with Crippen molar-refractivity contribution in [2.24, 2.45) is 23.7 Å². The summed E-state index contributed by atoms with van der Waals surface area (Å²) in [7, 11) is 0. The maximum Gasteiger partial charge on any atom is 0.119 e. The van der Waals surface area contributed by atoms with Gasteiger partial charge in [0.05, 0.1) is 0 Å². The second-order valence-corrected chi connectivity index (χ2v) is 11.6. The van der Waals surface area contributed by atoms with E-state index in [9.17, 15) is 0 Å². The second-order valence-electron chi connectivity index (χ2n) is 11.6. The number of unbranched alkanes of at least 4 members (excludes halogenated alkanes) is 4. The van der Waals surface area contributed by atoms with Gasteiger partial charge >= 0.3 is 0 Å². The van der Waals surface area contributed by atoms with Gasteiger partial charge in [0.15, 0.2) is 0 Å². The molecule has 0 aromatic heterocycles. The van der Waals surface area contributed by atoms with Crippen LogP contribution in [0.1, 0.15) is 129 Å². The molecule has 0 amide bonds. The SMILES string of the molecule is CCCCCCCC1CCC(/C=C/COc2ccc(CCC3CCC(CCC)CC3)cc2)CC1. The van der Waals surface area contributed by atoms with Crippen molar-refractivity contribution in [3.63, 3.8) is 0 Å². The van der Waals surface area contributed by atoms with Gasteiger partial charge in [-0.15, -0.1) is 0 Å². The predicted octanol–water partition coefficient (Wildman–Crippen LogP) is 10.3. The number of aryl methyl sites for hydroxylation is 1. The fourth-order valence-corrected chi connectivity index (χ4v) is 6.44. The lowest BCUT2D eigenvalue weighted by Crippen LogP contribution is -2.15. The molecule has 0 saturated heterocycles. The zero-order valence-corrected chi connectivity index (χ0v) is 22.6. The minimum absolute atomic E-state index is 0.706. The van der Waals surface area contributed by atoms with Crippen LogP contribution in [0.25, 0.3) is 0 Å². The normalized spacial score (nSPS) is 25.6. The van der Waals surface area contributed by atoms with Gasteiger partial charge in [0.1, 0.15) is 12.4 Å². The van der Waals surface area contributed by atoms with Crippen LogP contribution in [0.4, 0.5) is 0 Å². The van der Waals surface area contributed by atoms with Crippen LogP contribution in [0.15, 0.2) is 36.4 Å². The molecule has 0 heterocycles. The number of ether oxygens (including phenoxy) is 1. The molecule has 2 fully saturated rings. The predicted molar refractivity (Wildman–Crippen MR) is 149 cm³/mol. The number of allylic oxidation sites excluding steroid dienone is 1. The summed E-state index contributed by atoms with van der Waals surface area (Å²) in [4.78, 5) is 0. The summed E-state index contributed by atoms with van der Waals surface area (Å²) in [6.45, 7) is 5.34. The van der Waals surface area contributed by atoms with E-state index in [0.29, 0.717) is 6.61 Å². The molecule has 0 aliphatic heterocycles. The van der Waals surface area contributed by atoms with Gasteiger partial charge in [-0.3, -0.25) is 0 Å². The molecule has 1 nitrogen and oxygen atoms in total. The third kappa shape index (κ3) is 10.6. The molecule has 2 aliphatic rings. The molecule has 1 aromatic carbocycles. The molecule has 0 unspecified atom stereocenters. The largest absolute Gasteiger partial charge is 0.490 e. The van der Waals surface area contributed by atoms with E-state index in [2.05, 4.69) is 50.3 Å². The van der Waals surface area contributed by atoms with Gasteiger partial charge in [-0.25, -0.2) is 0 Å². The van der Waals surface area contributed by atoms with Gasteiger partial charge in [-0.05, 0) is 79.9 Å². The molecule has 1 aromatic rings. The van der Waals surface area contributed by atoms with E-state index in [1.807, 2.05) is 0 Å². The van der Waals surface area contributed by atoms with E-state index in [4.69, 9.17) is 4.74 Å². The van der Waals surface area contributed by atoms with Crippen molar-refractivity contribution in [1.82, 2.24) is 0 Å². The lowest BCUT2D eigenvalue weighted by atomic mass is 9.78. The molecule has 0 radical (unpaired) electrons. The first-order valence-corrected chi connectivity index (χ1v) is 15.1. The van der Waals surface area contributed by atoms with Gasteiger partial charge in [0, 0.05) is 0 Å². The Morgan fingerprint density at radius 2 is 1.29 bits per heavy atom. The molecule has 34 heavy (non-hydrogen) atoms. The van der Waals surface area contributed by atoms with Gasteiger partial charge in [0.2, 0.25) is 0 Å². The average molecular weight is 467 g/mol. The van der Waals surface area contributed by atoms with Crippen LogP contribution in [-0.2, 0) is 6.42 Å². The molecule has 0 N–H and O–H groups in total. The van der Waals surface area contributed by atoms with Crippen LogP contribution in [0.5, 0.6) is 5.75 Å². The van der Waals surface area contributed by atoms with E-state index in [0.717, 1.165) is 29.4 Å². The van der Waals surface area contributed by atoms with Gasteiger partial charge < -0.3 is 4.74 Å². The fraction of sp³-hybridized carbons (Fsp3) is 0.758. The zero-order chi connectivity index (χ0) is 23.8. The quantitative estimate of drug-likeness (QED) is 0.184. The topological polar surface area (TPSA) is 9.23 Å². The Kier molecular flexibility index (Phi) is 13.2. The zero-order valence-electron chi connectivity index (χ0n) is 22.6. The van der Waals surface area contributed by atoms with Gasteiger partial charge in [0.25, 0.3) is 0 Å². The van der Waals surface area contributed by atoms with E-state index in [1.54, 1.807) is 0 Å². The third-order valence-electron chi connectivity index (χ3n) is 8.79. The van der Waals surface area contributed by atoms with Crippen molar-refractivity contribution in [2.75, 3.05) is 6.61 Å². The minimum Gasteiger partial charge on any atom is -0.490 e. The van der Waals surface area contributed by atoms with Crippen molar-refractivity contribution in [3.05, 3.63) is 42.0 Å². The summed E-state index contributed by atoms with van der Waals surface area (Å²) in [6.07, 6.45) is 30.2. The Balaban J connectivity index is 1.24. The number of benzene rings is 1. The lowest BCUT2D eigenvalue weighted by Gasteiger charge is -2.28. The standard InChI is InChI=1S/C33H54O/c1-3-5-6-7-8-11-29-15-17-30(18-16-29)12-9-27-34-33-25-23-32(24-26-33)22-21-31-19-13-28(10-4-2)14-20-31/h9,12,23-26,28-31H,3-8,10-11,13-22,27H2,1-2H3/b12-9+. The van der Waals surface area contributed by atoms with Crippen LogP contribution >= 0.6 is 0 Å². The molecule has 2 aliphatic carbocycles. The summed E-state index contributed by atoms with van der Waals surface area (Å²) in [5, 5.41) is 0. The average Bonchev–Trinajstić information content (AvgIpc) is 2.88. The summed E-state index contributed by atoms with van der Waals surface area (Å²) in [5.74, 6) is 4.76. The van der Waals surface area contributed by atoms with Crippen LogP contribution in [0.2, 0.25) is 0 Å². The maximum atomic E-state index is 6.00. The van der Waals surface area contributed by atoms with Gasteiger partial charge in [-0.2, -0.15) is 0 Å². The van der Waals surface area contributed by atoms with Crippen molar-refractivity contribution < 1.29 is 4.74 Å². The molecule has 0 spiro atoms. The Hall–Kier alpha value is -1.24. The highest BCUT2D eigenvalue weighted by Gasteiger charge is 2.20. The summed E-state index contributed by atoms with van der Waals surface area (Å²) < 4.78 is 6.00. The van der Waals surface area contributed by atoms with Gasteiger partial charge in [-0.1, -0.05) is 115 Å². The van der Waals surface area contributed by atoms with Crippen LogP contribution in [-0.4, -0.2) is 6.61 Å². The number of hydrogen-bond donors (Lipinski definition) is 0. The molecular formula is C33H54O. The Morgan fingerprint density at radius 3 is 1.97 bits per heavy atom. The van der Waals surface area contributed by atoms with Crippen molar-refractivity contribution in [2.45, 2.75) is 129 Å². The van der Waals surface area contributed by atoms with E-state index in [1.165, 1.54) is 121 Å². The molecule has 3 rings (SSSR count). The first-order valence-electron chi connectivity index (χ1n) is 15.1. The Morgan fingerprint density at radius 1 is 0.676 bits per heavy atom. The van der Waals surface area contributed by atoms with E-state index < -0.39 is 0 Å². The maximum absolute atomic E-state index is 6.00. The Labute approximate surface area is 212 Å². The lowest BCUT2D eigenvalue weighted by molar-refractivity contribution is 0.252. The molecule has 1 heteroatoms.